The third-order valence-electron chi connectivity index (χ3n) is 2.16. The molecule has 2 rings (SSSR count). The van der Waals surface area contributed by atoms with Crippen LogP contribution in [0, 0.1) is 0 Å². The number of para-hydroxylation sites is 1. The van der Waals surface area contributed by atoms with Gasteiger partial charge in [0.1, 0.15) is 5.75 Å². The van der Waals surface area contributed by atoms with Crippen LogP contribution in [0.5, 0.6) is 5.75 Å². The summed E-state index contributed by atoms with van der Waals surface area (Å²) < 4.78 is 5.25. The first-order chi connectivity index (χ1) is 7.90. The number of hydrogen-bond acceptors (Lipinski definition) is 3. The molecule has 0 unspecified atom stereocenters. The van der Waals surface area contributed by atoms with Crippen LogP contribution in [0.15, 0.2) is 42.9 Å². The molecular weight excluding hydrogens is 200 g/mol. The van der Waals surface area contributed by atoms with Crippen molar-refractivity contribution in [3.8, 4) is 5.75 Å². The van der Waals surface area contributed by atoms with Gasteiger partial charge in [0.2, 0.25) is 0 Å². The molecule has 1 heterocycles. The van der Waals surface area contributed by atoms with Gasteiger partial charge in [-0.3, -0.25) is 9.97 Å². The van der Waals surface area contributed by atoms with Crippen molar-refractivity contribution in [3.05, 3.63) is 54.1 Å². The summed E-state index contributed by atoms with van der Waals surface area (Å²) in [5.74, 6) is 0.850. The summed E-state index contributed by atoms with van der Waals surface area (Å²) in [4.78, 5) is 8.15. The van der Waals surface area contributed by atoms with Crippen molar-refractivity contribution < 1.29 is 4.74 Å². The van der Waals surface area contributed by atoms with E-state index < -0.39 is 0 Å². The van der Waals surface area contributed by atoms with E-state index in [-0.39, 0.29) is 0 Å². The Labute approximate surface area is 94.4 Å². The van der Waals surface area contributed by atoms with E-state index in [9.17, 15) is 0 Å². The van der Waals surface area contributed by atoms with E-state index in [4.69, 9.17) is 4.74 Å². The molecule has 0 bridgehead atoms. The van der Waals surface area contributed by atoms with E-state index >= 15 is 0 Å². The second-order valence-corrected chi connectivity index (χ2v) is 3.21. The third-order valence-corrected chi connectivity index (χ3v) is 2.16. The van der Waals surface area contributed by atoms with Crippen LogP contribution in [0.1, 0.15) is 11.3 Å². The molecular formula is C13H12N2O. The highest BCUT2D eigenvalue weighted by atomic mass is 16.5. The predicted molar refractivity (Wildman–Crippen MR) is 64.0 cm³/mol. The van der Waals surface area contributed by atoms with E-state index in [1.54, 1.807) is 25.7 Å². The van der Waals surface area contributed by atoms with Crippen LogP contribution in [0.3, 0.4) is 0 Å². The Morgan fingerprint density at radius 3 is 2.75 bits per heavy atom. The number of nitrogens with zero attached hydrogens (tertiary/aromatic N) is 2. The third kappa shape index (κ3) is 2.45. The van der Waals surface area contributed by atoms with E-state index in [0.29, 0.717) is 0 Å². The first kappa shape index (κ1) is 10.4. The minimum atomic E-state index is 0.827. The number of ether oxygens (including phenoxy) is 1. The van der Waals surface area contributed by atoms with Crippen LogP contribution in [0.25, 0.3) is 12.2 Å². The summed E-state index contributed by atoms with van der Waals surface area (Å²) in [6.07, 6.45) is 8.90. The molecule has 0 spiro atoms. The second kappa shape index (κ2) is 5.07. The minimum Gasteiger partial charge on any atom is -0.496 e. The van der Waals surface area contributed by atoms with Gasteiger partial charge in [-0.05, 0) is 18.2 Å². The first-order valence-electron chi connectivity index (χ1n) is 4.97. The lowest BCUT2D eigenvalue weighted by Gasteiger charge is -2.02. The van der Waals surface area contributed by atoms with Crippen molar-refractivity contribution in [2.24, 2.45) is 0 Å². The van der Waals surface area contributed by atoms with Gasteiger partial charge in [-0.2, -0.15) is 0 Å². The Bertz CT molecular complexity index is 480. The zero-order valence-electron chi connectivity index (χ0n) is 9.00. The molecule has 80 valence electrons. The quantitative estimate of drug-likeness (QED) is 0.784. The molecule has 3 nitrogen and oxygen atoms in total. The molecule has 0 radical (unpaired) electrons. The molecule has 16 heavy (non-hydrogen) atoms. The van der Waals surface area contributed by atoms with Gasteiger partial charge in [0, 0.05) is 18.0 Å². The Balaban J connectivity index is 2.24. The number of rotatable bonds is 3. The lowest BCUT2D eigenvalue weighted by Crippen LogP contribution is -1.86. The van der Waals surface area contributed by atoms with Gasteiger partial charge in [0.25, 0.3) is 0 Å². The van der Waals surface area contributed by atoms with Crippen molar-refractivity contribution in [1.82, 2.24) is 9.97 Å². The molecule has 0 saturated heterocycles. The Kier molecular flexibility index (Phi) is 3.28. The van der Waals surface area contributed by atoms with Crippen molar-refractivity contribution in [3.63, 3.8) is 0 Å². The normalized spacial score (nSPS) is 10.6. The van der Waals surface area contributed by atoms with E-state index in [1.807, 2.05) is 36.4 Å². The maximum absolute atomic E-state index is 5.25. The molecule has 0 fully saturated rings. The second-order valence-electron chi connectivity index (χ2n) is 3.21. The number of aromatic nitrogens is 2. The average molecular weight is 212 g/mol. The fourth-order valence-corrected chi connectivity index (χ4v) is 1.38. The van der Waals surface area contributed by atoms with Crippen LogP contribution in [-0.4, -0.2) is 17.1 Å². The fraction of sp³-hybridized carbons (Fsp3) is 0.0769. The van der Waals surface area contributed by atoms with Gasteiger partial charge < -0.3 is 4.74 Å². The van der Waals surface area contributed by atoms with Crippen LogP contribution < -0.4 is 4.74 Å². The standard InChI is InChI=1S/C13H12N2O/c1-16-13-5-3-2-4-11(13)6-7-12-10-14-8-9-15-12/h2-10H,1H3/b7-6-. The lowest BCUT2D eigenvalue weighted by molar-refractivity contribution is 0.414. The molecule has 0 aliphatic carbocycles. The smallest absolute Gasteiger partial charge is 0.126 e. The number of hydrogen-bond donors (Lipinski definition) is 0. The zero-order chi connectivity index (χ0) is 11.2. The number of benzene rings is 1. The molecule has 0 saturated carbocycles. The van der Waals surface area contributed by atoms with Crippen LogP contribution in [0.4, 0.5) is 0 Å². The predicted octanol–water partition coefficient (Wildman–Crippen LogP) is 2.66. The summed E-state index contributed by atoms with van der Waals surface area (Å²) in [7, 11) is 1.66. The van der Waals surface area contributed by atoms with Crippen molar-refractivity contribution in [2.75, 3.05) is 7.11 Å². The highest BCUT2D eigenvalue weighted by Gasteiger charge is 1.96. The highest BCUT2D eigenvalue weighted by Crippen LogP contribution is 2.19. The van der Waals surface area contributed by atoms with Gasteiger partial charge in [-0.25, -0.2) is 0 Å². The molecule has 2 aromatic rings. The van der Waals surface area contributed by atoms with Gasteiger partial charge in [-0.15, -0.1) is 0 Å². The van der Waals surface area contributed by atoms with Crippen LogP contribution in [-0.2, 0) is 0 Å². The fourth-order valence-electron chi connectivity index (χ4n) is 1.38. The molecule has 0 atom stereocenters. The highest BCUT2D eigenvalue weighted by molar-refractivity contribution is 5.70. The molecule has 3 heteroatoms. The summed E-state index contributed by atoms with van der Waals surface area (Å²) in [5.41, 5.74) is 1.85. The molecule has 0 aliphatic heterocycles. The Morgan fingerprint density at radius 1 is 1.12 bits per heavy atom. The van der Waals surface area contributed by atoms with E-state index in [1.165, 1.54) is 0 Å². The molecule has 0 aliphatic rings. The Hall–Kier alpha value is -2.16. The van der Waals surface area contributed by atoms with Crippen LogP contribution in [0.2, 0.25) is 0 Å². The maximum Gasteiger partial charge on any atom is 0.126 e. The average Bonchev–Trinajstić information content (AvgIpc) is 2.38. The summed E-state index contributed by atoms with van der Waals surface area (Å²) in [6, 6.07) is 7.83. The molecule has 1 aromatic carbocycles. The van der Waals surface area contributed by atoms with Gasteiger partial charge >= 0.3 is 0 Å². The molecule has 0 N–H and O–H groups in total. The van der Waals surface area contributed by atoms with Crippen molar-refractivity contribution in [2.45, 2.75) is 0 Å². The van der Waals surface area contributed by atoms with E-state index in [0.717, 1.165) is 17.0 Å². The SMILES string of the molecule is COc1ccccc1/C=C\c1cnccn1. The van der Waals surface area contributed by atoms with Crippen LogP contribution >= 0.6 is 0 Å². The first-order valence-corrected chi connectivity index (χ1v) is 4.97. The zero-order valence-corrected chi connectivity index (χ0v) is 9.00. The van der Waals surface area contributed by atoms with Crippen molar-refractivity contribution in [1.29, 1.82) is 0 Å². The minimum absolute atomic E-state index is 0.827. The monoisotopic (exact) mass is 212 g/mol. The summed E-state index contributed by atoms with van der Waals surface area (Å²) in [6.45, 7) is 0. The number of methoxy groups -OCH3 is 1. The van der Waals surface area contributed by atoms with Gasteiger partial charge in [-0.1, -0.05) is 18.2 Å². The van der Waals surface area contributed by atoms with Gasteiger partial charge in [0.05, 0.1) is 19.0 Å². The molecule has 0 amide bonds. The largest absolute Gasteiger partial charge is 0.496 e. The maximum atomic E-state index is 5.25. The topological polar surface area (TPSA) is 35.0 Å². The van der Waals surface area contributed by atoms with E-state index in [2.05, 4.69) is 9.97 Å². The summed E-state index contributed by atoms with van der Waals surface area (Å²) in [5, 5.41) is 0. The van der Waals surface area contributed by atoms with Crippen molar-refractivity contribution >= 4 is 12.2 Å². The Morgan fingerprint density at radius 2 is 2.00 bits per heavy atom. The molecule has 1 aromatic heterocycles. The van der Waals surface area contributed by atoms with Gasteiger partial charge in [0.15, 0.2) is 0 Å². The lowest BCUT2D eigenvalue weighted by atomic mass is 10.2. The summed E-state index contributed by atoms with van der Waals surface area (Å²) >= 11 is 0.